The molecule has 5 nitrogen and oxygen atoms in total. The summed E-state index contributed by atoms with van der Waals surface area (Å²) in [6.07, 6.45) is 0. The van der Waals surface area contributed by atoms with E-state index in [4.69, 9.17) is 24.4 Å². The fourth-order valence-corrected chi connectivity index (χ4v) is 6.63. The van der Waals surface area contributed by atoms with E-state index in [0.717, 1.165) is 83.1 Å². The predicted molar refractivity (Wildman–Crippen MR) is 152 cm³/mol. The summed E-state index contributed by atoms with van der Waals surface area (Å²) in [5.74, 6) is 1.84. The quantitative estimate of drug-likeness (QED) is 0.600. The van der Waals surface area contributed by atoms with E-state index in [1.165, 1.54) is 5.56 Å². The van der Waals surface area contributed by atoms with E-state index >= 15 is 0 Å². The van der Waals surface area contributed by atoms with Gasteiger partial charge in [-0.05, 0) is 31.1 Å². The largest absolute Gasteiger partial charge is 0.507 e. The number of hydrogen-bond acceptors (Lipinski definition) is 7. The van der Waals surface area contributed by atoms with Crippen molar-refractivity contribution in [1.82, 2.24) is 19.6 Å². The van der Waals surface area contributed by atoms with Crippen molar-refractivity contribution in [3.05, 3.63) is 41.5 Å². The third-order valence-electron chi connectivity index (χ3n) is 6.41. The molecule has 2 aliphatic rings. The van der Waals surface area contributed by atoms with Crippen LogP contribution in [0.2, 0.25) is 0 Å². The summed E-state index contributed by atoms with van der Waals surface area (Å²) in [5, 5.41) is 13.0. The van der Waals surface area contributed by atoms with Crippen molar-refractivity contribution in [2.24, 2.45) is 0 Å². The van der Waals surface area contributed by atoms with Gasteiger partial charge in [-0.25, -0.2) is 0 Å². The summed E-state index contributed by atoms with van der Waals surface area (Å²) in [6.45, 7) is 8.10. The Morgan fingerprint density at radius 1 is 0.758 bits per heavy atom. The number of nitrogens with zero attached hydrogens (tertiary/aromatic N) is 4. The Morgan fingerprint density at radius 2 is 1.21 bits per heavy atom. The topological polar surface area (TPSA) is 33.2 Å². The van der Waals surface area contributed by atoms with Crippen molar-refractivity contribution < 1.29 is 5.11 Å². The lowest BCUT2D eigenvalue weighted by molar-refractivity contribution is 0.220. The Labute approximate surface area is 216 Å². The molecular formula is C24H32N4OS4. The molecule has 9 heteroatoms. The Kier molecular flexibility index (Phi) is 8.75. The second kappa shape index (κ2) is 11.6. The Balaban J connectivity index is 1.45. The highest BCUT2D eigenvalue weighted by Crippen LogP contribution is 2.36. The number of thiocarbonyl (C=S) groups is 2. The lowest BCUT2D eigenvalue weighted by Gasteiger charge is -2.34. The highest BCUT2D eigenvalue weighted by atomic mass is 32.2. The first-order valence-electron chi connectivity index (χ1n) is 11.4. The number of phenols is 1. The second-order valence-corrected chi connectivity index (χ2v) is 12.0. The number of fused-ring (bicyclic) bond motifs is 1. The second-order valence-electron chi connectivity index (χ2n) is 8.78. The zero-order chi connectivity index (χ0) is 23.4. The number of thioether (sulfide) groups is 2. The molecule has 0 bridgehead atoms. The number of rotatable bonds is 4. The van der Waals surface area contributed by atoms with Gasteiger partial charge in [0.1, 0.15) is 14.4 Å². The molecule has 4 rings (SSSR count). The Bertz CT molecular complexity index is 1000. The van der Waals surface area contributed by atoms with Crippen molar-refractivity contribution >= 4 is 67.4 Å². The molecule has 0 atom stereocenters. The van der Waals surface area contributed by atoms with E-state index in [2.05, 4.69) is 45.8 Å². The maximum absolute atomic E-state index is 11.0. The first-order chi connectivity index (χ1) is 15.9. The monoisotopic (exact) mass is 520 g/mol. The van der Waals surface area contributed by atoms with Crippen LogP contribution in [0.1, 0.15) is 11.1 Å². The molecule has 0 spiro atoms. The highest BCUT2D eigenvalue weighted by Gasteiger charge is 2.20. The van der Waals surface area contributed by atoms with Crippen molar-refractivity contribution in [1.29, 1.82) is 0 Å². The van der Waals surface area contributed by atoms with Gasteiger partial charge < -0.3 is 24.7 Å². The van der Waals surface area contributed by atoms with Crippen molar-refractivity contribution in [3.63, 3.8) is 0 Å². The van der Waals surface area contributed by atoms with Gasteiger partial charge in [-0.1, -0.05) is 72.2 Å². The molecule has 2 aromatic carbocycles. The average molecular weight is 521 g/mol. The molecule has 0 radical (unpaired) electrons. The Morgan fingerprint density at radius 3 is 1.73 bits per heavy atom. The molecule has 0 saturated carbocycles. The van der Waals surface area contributed by atoms with E-state index in [-0.39, 0.29) is 0 Å². The fraction of sp³-hybridized carbons (Fsp3) is 0.500. The number of benzene rings is 2. The summed E-state index contributed by atoms with van der Waals surface area (Å²) in [6, 6.07) is 10.3. The summed E-state index contributed by atoms with van der Waals surface area (Å²) < 4.78 is 1.88. The van der Waals surface area contributed by atoms with Crippen molar-refractivity contribution in [3.8, 4) is 5.75 Å². The van der Waals surface area contributed by atoms with Gasteiger partial charge in [0.2, 0.25) is 0 Å². The lowest BCUT2D eigenvalue weighted by atomic mass is 10.0. The van der Waals surface area contributed by atoms with E-state index in [0.29, 0.717) is 11.5 Å². The van der Waals surface area contributed by atoms with Crippen LogP contribution in [-0.2, 0) is 11.5 Å². The van der Waals surface area contributed by atoms with Crippen LogP contribution in [0, 0.1) is 0 Å². The van der Waals surface area contributed by atoms with Crippen LogP contribution in [0.5, 0.6) is 5.75 Å². The lowest BCUT2D eigenvalue weighted by Crippen LogP contribution is -2.45. The SMILES string of the molecule is CN1CCN(C(=S)SCc2cc(CSC(=S)N3CCN(C)CC3)c3ccccc3c2O)CC1. The van der Waals surface area contributed by atoms with Crippen molar-refractivity contribution in [2.45, 2.75) is 11.5 Å². The smallest absolute Gasteiger partial charge is 0.136 e. The molecule has 0 unspecified atom stereocenters. The molecule has 33 heavy (non-hydrogen) atoms. The van der Waals surface area contributed by atoms with Crippen LogP contribution in [0.3, 0.4) is 0 Å². The van der Waals surface area contributed by atoms with E-state index in [9.17, 15) is 5.11 Å². The van der Waals surface area contributed by atoms with Crippen LogP contribution >= 0.6 is 48.0 Å². The first-order valence-corrected chi connectivity index (χ1v) is 14.1. The first kappa shape index (κ1) is 25.0. The fourth-order valence-electron chi connectivity index (χ4n) is 4.17. The summed E-state index contributed by atoms with van der Waals surface area (Å²) in [5.41, 5.74) is 2.15. The van der Waals surface area contributed by atoms with E-state index in [1.54, 1.807) is 23.5 Å². The maximum atomic E-state index is 11.0. The molecule has 2 fully saturated rings. The van der Waals surface area contributed by atoms with Crippen LogP contribution in [0.15, 0.2) is 30.3 Å². The third-order valence-corrected chi connectivity index (χ3v) is 9.55. The normalized spacial score (nSPS) is 18.1. The number of aromatic hydroxyl groups is 1. The zero-order valence-corrected chi connectivity index (χ0v) is 22.6. The predicted octanol–water partition coefficient (Wildman–Crippen LogP) is 4.08. The van der Waals surface area contributed by atoms with Gasteiger partial charge in [0.05, 0.1) is 0 Å². The van der Waals surface area contributed by atoms with Crippen LogP contribution < -0.4 is 0 Å². The average Bonchev–Trinajstić information content (AvgIpc) is 2.83. The van der Waals surface area contributed by atoms with Gasteiger partial charge in [0, 0.05) is 74.8 Å². The van der Waals surface area contributed by atoms with Crippen LogP contribution in [0.4, 0.5) is 0 Å². The minimum atomic E-state index is 0.370. The molecule has 178 valence electrons. The zero-order valence-electron chi connectivity index (χ0n) is 19.3. The van der Waals surface area contributed by atoms with Gasteiger partial charge in [-0.2, -0.15) is 0 Å². The standard InChI is InChI=1S/C24H32N4OS4/c1-25-7-11-27(12-8-25)23(30)32-16-18-15-19(22(29)21-6-4-3-5-20(18)21)17-33-24(31)28-13-9-26(2)10-14-28/h3-6,15,29H,7-14,16-17H2,1-2H3. The summed E-state index contributed by atoms with van der Waals surface area (Å²) in [7, 11) is 4.31. The number of hydrogen-bond donors (Lipinski definition) is 1. The van der Waals surface area contributed by atoms with E-state index in [1.807, 2.05) is 18.2 Å². The van der Waals surface area contributed by atoms with Crippen LogP contribution in [-0.4, -0.2) is 99.8 Å². The number of piperazine rings is 2. The minimum Gasteiger partial charge on any atom is -0.507 e. The third kappa shape index (κ3) is 6.32. The molecule has 2 saturated heterocycles. The number of phenolic OH excluding ortho intramolecular Hbond substituents is 1. The molecular weight excluding hydrogens is 489 g/mol. The Hall–Kier alpha value is -1.10. The van der Waals surface area contributed by atoms with Gasteiger partial charge in [0.25, 0.3) is 0 Å². The van der Waals surface area contributed by atoms with Gasteiger partial charge in [-0.3, -0.25) is 0 Å². The van der Waals surface area contributed by atoms with Gasteiger partial charge in [0.15, 0.2) is 0 Å². The molecule has 2 heterocycles. The minimum absolute atomic E-state index is 0.370. The number of likely N-dealkylation sites (N-methyl/N-ethyl adjacent to an activating group) is 2. The maximum Gasteiger partial charge on any atom is 0.136 e. The van der Waals surface area contributed by atoms with Gasteiger partial charge >= 0.3 is 0 Å². The molecule has 2 aliphatic heterocycles. The van der Waals surface area contributed by atoms with Crippen molar-refractivity contribution in [2.75, 3.05) is 66.5 Å². The van der Waals surface area contributed by atoms with E-state index < -0.39 is 0 Å². The molecule has 0 amide bonds. The van der Waals surface area contributed by atoms with Gasteiger partial charge in [-0.15, -0.1) is 0 Å². The molecule has 1 N–H and O–H groups in total. The van der Waals surface area contributed by atoms with Crippen LogP contribution in [0.25, 0.3) is 10.8 Å². The summed E-state index contributed by atoms with van der Waals surface area (Å²) >= 11 is 14.8. The molecule has 2 aromatic rings. The molecule has 0 aromatic heterocycles. The molecule has 0 aliphatic carbocycles. The highest BCUT2D eigenvalue weighted by molar-refractivity contribution is 8.22. The summed E-state index contributed by atoms with van der Waals surface area (Å²) in [4.78, 5) is 9.26.